The van der Waals surface area contributed by atoms with Gasteiger partial charge in [-0.3, -0.25) is 19.6 Å². The fraction of sp³-hybridized carbons (Fsp3) is 0.667. The molecule has 1 fully saturated rings. The Bertz CT molecular complexity index is 288. The molecular weight excluding hydrogens is 202 g/mol. The molecule has 1 saturated heterocycles. The van der Waals surface area contributed by atoms with Crippen LogP contribution in [-0.4, -0.2) is 34.2 Å². The summed E-state index contributed by atoms with van der Waals surface area (Å²) in [5.41, 5.74) is 0. The first-order valence-corrected chi connectivity index (χ1v) is 4.81. The number of unbranched alkanes of at least 4 members (excludes halogenated alkanes) is 1. The van der Waals surface area contributed by atoms with E-state index < -0.39 is 23.9 Å². The maximum absolute atomic E-state index is 11.1. The molecule has 84 valence electrons. The summed E-state index contributed by atoms with van der Waals surface area (Å²) >= 11 is 0. The molecule has 0 bridgehead atoms. The monoisotopic (exact) mass is 215 g/mol. The van der Waals surface area contributed by atoms with Gasteiger partial charge in [0, 0.05) is 6.42 Å². The molecule has 1 N–H and O–H groups in total. The van der Waals surface area contributed by atoms with E-state index in [1.54, 1.807) is 0 Å². The molecule has 1 aliphatic rings. The summed E-state index contributed by atoms with van der Waals surface area (Å²) in [6, 6.07) is 0. The van der Waals surface area contributed by atoms with E-state index in [9.17, 15) is 14.4 Å². The number of amides is 2. The lowest BCUT2D eigenvalue weighted by Crippen LogP contribution is -2.30. The first kappa shape index (κ1) is 11.6. The number of carbonyl (C=O) groups is 3. The molecule has 0 aliphatic carbocycles. The normalized spacial score (nSPS) is 20.9. The minimum absolute atomic E-state index is 0.00221. The van der Waals surface area contributed by atoms with Crippen LogP contribution >= 0.6 is 0 Å². The van der Waals surface area contributed by atoms with Crippen molar-refractivity contribution in [3.05, 3.63) is 0 Å². The highest BCUT2D eigenvalue weighted by atomic mass is 16.6. The van der Waals surface area contributed by atoms with Crippen molar-refractivity contribution in [3.8, 4) is 0 Å². The summed E-state index contributed by atoms with van der Waals surface area (Å²) in [7, 11) is 0. The molecule has 6 heteroatoms. The summed E-state index contributed by atoms with van der Waals surface area (Å²) in [6.45, 7) is 1.92. The Hall–Kier alpha value is -1.43. The van der Waals surface area contributed by atoms with Gasteiger partial charge >= 0.3 is 5.97 Å². The minimum Gasteiger partial charge on any atom is -0.452 e. The second kappa shape index (κ2) is 4.88. The Balaban J connectivity index is 2.43. The predicted molar refractivity (Wildman–Crippen MR) is 47.7 cm³/mol. The largest absolute Gasteiger partial charge is 0.452 e. The molecule has 1 unspecified atom stereocenters. The van der Waals surface area contributed by atoms with E-state index in [2.05, 4.69) is 0 Å². The molecule has 2 amide bonds. The molecule has 0 aromatic rings. The maximum Gasteiger partial charge on any atom is 0.306 e. The highest BCUT2D eigenvalue weighted by molar-refractivity contribution is 6.04. The van der Waals surface area contributed by atoms with Crippen molar-refractivity contribution in [2.75, 3.05) is 0 Å². The predicted octanol–water partition coefficient (Wildman–Crippen LogP) is 0.236. The maximum atomic E-state index is 11.1. The number of hydrogen-bond donors (Lipinski definition) is 1. The standard InChI is InChI=1S/C9H13NO5/c1-2-3-4-8(12)15-6-5-7(11)10(14)9(6)13/h6,14H,2-5H2,1H3. The van der Waals surface area contributed by atoms with Crippen molar-refractivity contribution >= 4 is 17.8 Å². The van der Waals surface area contributed by atoms with Crippen LogP contribution in [0.25, 0.3) is 0 Å². The summed E-state index contributed by atoms with van der Waals surface area (Å²) in [5, 5.41) is 8.87. The van der Waals surface area contributed by atoms with Gasteiger partial charge in [-0.25, -0.2) is 0 Å². The van der Waals surface area contributed by atoms with Crippen LogP contribution in [0.5, 0.6) is 0 Å². The molecule has 0 aromatic carbocycles. The van der Waals surface area contributed by atoms with Gasteiger partial charge in [0.1, 0.15) is 0 Å². The fourth-order valence-corrected chi connectivity index (χ4v) is 1.22. The number of carbonyl (C=O) groups excluding carboxylic acids is 3. The van der Waals surface area contributed by atoms with E-state index in [4.69, 9.17) is 9.94 Å². The number of hydroxylamine groups is 2. The summed E-state index contributed by atoms with van der Waals surface area (Å²) in [6.07, 6.45) is 0.328. The van der Waals surface area contributed by atoms with Gasteiger partial charge in [-0.15, -0.1) is 0 Å². The lowest BCUT2D eigenvalue weighted by Gasteiger charge is -2.08. The number of esters is 1. The van der Waals surface area contributed by atoms with Crippen LogP contribution < -0.4 is 0 Å². The van der Waals surface area contributed by atoms with Crippen molar-refractivity contribution in [1.29, 1.82) is 0 Å². The van der Waals surface area contributed by atoms with Gasteiger partial charge in [0.15, 0.2) is 6.10 Å². The number of imide groups is 1. The topological polar surface area (TPSA) is 83.9 Å². The highest BCUT2D eigenvalue weighted by Crippen LogP contribution is 2.15. The zero-order chi connectivity index (χ0) is 11.4. The van der Waals surface area contributed by atoms with Crippen LogP contribution in [0.4, 0.5) is 0 Å². The second-order valence-corrected chi connectivity index (χ2v) is 3.33. The SMILES string of the molecule is CCCCC(=O)OC1CC(=O)N(O)C1=O. The fourth-order valence-electron chi connectivity index (χ4n) is 1.22. The van der Waals surface area contributed by atoms with Crippen LogP contribution in [0.3, 0.4) is 0 Å². The van der Waals surface area contributed by atoms with Crippen molar-refractivity contribution in [2.45, 2.75) is 38.7 Å². The Morgan fingerprint density at radius 2 is 2.27 bits per heavy atom. The quantitative estimate of drug-likeness (QED) is 0.412. The first-order valence-electron chi connectivity index (χ1n) is 4.81. The van der Waals surface area contributed by atoms with Gasteiger partial charge in [-0.2, -0.15) is 5.06 Å². The van der Waals surface area contributed by atoms with E-state index in [0.29, 0.717) is 6.42 Å². The lowest BCUT2D eigenvalue weighted by atomic mass is 10.2. The molecule has 1 heterocycles. The number of rotatable bonds is 4. The molecule has 15 heavy (non-hydrogen) atoms. The molecule has 6 nitrogen and oxygen atoms in total. The Labute approximate surface area is 86.8 Å². The van der Waals surface area contributed by atoms with Gasteiger partial charge in [0.05, 0.1) is 6.42 Å². The van der Waals surface area contributed by atoms with Gasteiger partial charge in [-0.05, 0) is 6.42 Å². The molecule has 0 saturated carbocycles. The van der Waals surface area contributed by atoms with Crippen molar-refractivity contribution in [2.24, 2.45) is 0 Å². The Kier molecular flexibility index (Phi) is 3.79. The first-order chi connectivity index (χ1) is 7.06. The molecule has 0 radical (unpaired) electrons. The Morgan fingerprint density at radius 1 is 1.60 bits per heavy atom. The molecule has 1 atom stereocenters. The molecule has 1 rings (SSSR count). The van der Waals surface area contributed by atoms with Crippen molar-refractivity contribution in [1.82, 2.24) is 5.06 Å². The van der Waals surface area contributed by atoms with Gasteiger partial charge in [-0.1, -0.05) is 13.3 Å². The summed E-state index contributed by atoms with van der Waals surface area (Å²) in [5.74, 6) is -2.13. The zero-order valence-electron chi connectivity index (χ0n) is 8.43. The van der Waals surface area contributed by atoms with Crippen LogP contribution in [0.2, 0.25) is 0 Å². The van der Waals surface area contributed by atoms with Crippen LogP contribution in [0.15, 0.2) is 0 Å². The van der Waals surface area contributed by atoms with Crippen LogP contribution in [-0.2, 0) is 19.1 Å². The second-order valence-electron chi connectivity index (χ2n) is 3.33. The molecule has 0 aromatic heterocycles. The van der Waals surface area contributed by atoms with Crippen molar-refractivity contribution < 1.29 is 24.3 Å². The van der Waals surface area contributed by atoms with E-state index in [1.165, 1.54) is 0 Å². The summed E-state index contributed by atoms with van der Waals surface area (Å²) in [4.78, 5) is 33.1. The molecule has 1 aliphatic heterocycles. The third-order valence-electron chi connectivity index (χ3n) is 2.09. The van der Waals surface area contributed by atoms with Gasteiger partial charge in [0.25, 0.3) is 11.8 Å². The van der Waals surface area contributed by atoms with E-state index in [-0.39, 0.29) is 17.9 Å². The van der Waals surface area contributed by atoms with E-state index in [0.717, 1.165) is 6.42 Å². The average molecular weight is 215 g/mol. The number of nitrogens with zero attached hydrogens (tertiary/aromatic N) is 1. The number of hydrogen-bond acceptors (Lipinski definition) is 5. The molecule has 0 spiro atoms. The van der Waals surface area contributed by atoms with Crippen LogP contribution in [0, 0.1) is 0 Å². The third kappa shape index (κ3) is 2.76. The third-order valence-corrected chi connectivity index (χ3v) is 2.09. The lowest BCUT2D eigenvalue weighted by molar-refractivity contribution is -0.176. The average Bonchev–Trinajstić information content (AvgIpc) is 2.43. The van der Waals surface area contributed by atoms with E-state index >= 15 is 0 Å². The molecular formula is C9H13NO5. The van der Waals surface area contributed by atoms with E-state index in [1.807, 2.05) is 6.92 Å². The van der Waals surface area contributed by atoms with Gasteiger partial charge in [0.2, 0.25) is 0 Å². The number of ether oxygens (including phenoxy) is 1. The highest BCUT2D eigenvalue weighted by Gasteiger charge is 2.40. The van der Waals surface area contributed by atoms with Crippen molar-refractivity contribution in [3.63, 3.8) is 0 Å². The van der Waals surface area contributed by atoms with Crippen LogP contribution in [0.1, 0.15) is 32.6 Å². The van der Waals surface area contributed by atoms with Gasteiger partial charge < -0.3 is 4.74 Å². The summed E-state index contributed by atoms with van der Waals surface area (Å²) < 4.78 is 4.76. The smallest absolute Gasteiger partial charge is 0.306 e. The minimum atomic E-state index is -1.15. The zero-order valence-corrected chi connectivity index (χ0v) is 8.43. The Morgan fingerprint density at radius 3 is 2.73 bits per heavy atom.